The van der Waals surface area contributed by atoms with Crippen LogP contribution in [0, 0.1) is 25.7 Å². The first-order chi connectivity index (χ1) is 13.6. The normalized spacial score (nSPS) is 24.6. The lowest BCUT2D eigenvalue weighted by atomic mass is 10.1. The first-order valence-corrected chi connectivity index (χ1v) is 12.1. The summed E-state index contributed by atoms with van der Waals surface area (Å²) in [6.45, 7) is 9.81. The third-order valence-corrected chi connectivity index (χ3v) is 9.67. The topological polar surface area (TPSA) is 21.6 Å². The highest BCUT2D eigenvalue weighted by Crippen LogP contribution is 2.52. The van der Waals surface area contributed by atoms with Gasteiger partial charge >= 0.3 is 0 Å². The van der Waals surface area contributed by atoms with Crippen LogP contribution in [0.15, 0.2) is 53.5 Å². The molecule has 3 atom stereocenters. The molecule has 0 spiro atoms. The number of nitrogens with zero attached hydrogens (tertiary/aromatic N) is 1. The van der Waals surface area contributed by atoms with Gasteiger partial charge in [-0.3, -0.25) is 0 Å². The molecule has 3 unspecified atom stereocenters. The first kappa shape index (κ1) is 19.6. The van der Waals surface area contributed by atoms with Crippen molar-refractivity contribution in [3.63, 3.8) is 0 Å². The second-order valence-corrected chi connectivity index (χ2v) is 11.0. The molecule has 1 aliphatic carbocycles. The quantitative estimate of drug-likeness (QED) is 0.627. The molecular weight excluding hydrogens is 361 g/mol. The van der Waals surface area contributed by atoms with Crippen LogP contribution in [0.4, 0.5) is 0 Å². The summed E-state index contributed by atoms with van der Waals surface area (Å²) >= 11 is 0. The van der Waals surface area contributed by atoms with Crippen LogP contribution in [0.3, 0.4) is 0 Å². The fourth-order valence-corrected chi connectivity index (χ4v) is 8.10. The summed E-state index contributed by atoms with van der Waals surface area (Å²) in [6, 6.07) is 18.3. The summed E-state index contributed by atoms with van der Waals surface area (Å²) in [7, 11) is -0.440. The summed E-state index contributed by atoms with van der Waals surface area (Å²) in [5.41, 5.74) is 3.44. The lowest BCUT2D eigenvalue weighted by Gasteiger charge is -2.31. The van der Waals surface area contributed by atoms with Gasteiger partial charge in [-0.25, -0.2) is 4.99 Å². The van der Waals surface area contributed by atoms with Crippen molar-refractivity contribution < 1.29 is 4.74 Å². The van der Waals surface area contributed by atoms with E-state index < -0.39 is 7.92 Å². The molecule has 2 nitrogen and oxygen atoms in total. The molecule has 0 bridgehead atoms. The second kappa shape index (κ2) is 8.37. The Hall–Kier alpha value is -1.66. The van der Waals surface area contributed by atoms with E-state index in [1.807, 2.05) is 0 Å². The Bertz CT molecular complexity index is 814. The van der Waals surface area contributed by atoms with Gasteiger partial charge in [0.2, 0.25) is 0 Å². The van der Waals surface area contributed by atoms with Crippen LogP contribution in [-0.2, 0) is 4.74 Å². The van der Waals surface area contributed by atoms with Crippen molar-refractivity contribution in [2.45, 2.75) is 58.7 Å². The van der Waals surface area contributed by atoms with Crippen molar-refractivity contribution in [1.29, 1.82) is 0 Å². The summed E-state index contributed by atoms with van der Waals surface area (Å²) in [5, 5.41) is 3.06. The number of benzene rings is 2. The molecule has 28 heavy (non-hydrogen) atoms. The van der Waals surface area contributed by atoms with E-state index in [1.54, 1.807) is 0 Å². The van der Waals surface area contributed by atoms with Gasteiger partial charge in [-0.1, -0.05) is 68.8 Å². The van der Waals surface area contributed by atoms with Crippen LogP contribution in [0.5, 0.6) is 0 Å². The molecule has 2 aromatic rings. The van der Waals surface area contributed by atoms with Crippen molar-refractivity contribution in [1.82, 2.24) is 0 Å². The Labute approximate surface area is 171 Å². The highest BCUT2D eigenvalue weighted by molar-refractivity contribution is 7.73. The number of rotatable bonds is 5. The van der Waals surface area contributed by atoms with E-state index in [0.29, 0.717) is 23.5 Å². The molecule has 1 aliphatic heterocycles. The molecule has 148 valence electrons. The molecule has 0 N–H and O–H groups in total. The van der Waals surface area contributed by atoms with Crippen LogP contribution in [0.2, 0.25) is 0 Å². The van der Waals surface area contributed by atoms with E-state index in [9.17, 15) is 0 Å². The minimum absolute atomic E-state index is 0.333. The molecule has 1 saturated carbocycles. The van der Waals surface area contributed by atoms with Gasteiger partial charge in [-0.15, -0.1) is 0 Å². The zero-order chi connectivity index (χ0) is 19.7. The Morgan fingerprint density at radius 3 is 2.07 bits per heavy atom. The van der Waals surface area contributed by atoms with E-state index in [0.717, 1.165) is 12.5 Å². The third-order valence-electron chi connectivity index (χ3n) is 6.34. The number of hydrogen-bond donors (Lipinski definition) is 0. The molecule has 0 amide bonds. The summed E-state index contributed by atoms with van der Waals surface area (Å²) in [5.74, 6) is 2.07. The summed E-state index contributed by atoms with van der Waals surface area (Å²) in [4.78, 5) is 5.04. The smallest absolute Gasteiger partial charge is 0.187 e. The summed E-state index contributed by atoms with van der Waals surface area (Å²) < 4.78 is 6.18. The maximum atomic E-state index is 6.18. The largest absolute Gasteiger partial charge is 0.478 e. The van der Waals surface area contributed by atoms with Gasteiger partial charge in [-0.05, 0) is 67.9 Å². The average molecular weight is 394 g/mol. The summed E-state index contributed by atoms with van der Waals surface area (Å²) in [6.07, 6.45) is 3.76. The molecule has 1 fully saturated rings. The van der Waals surface area contributed by atoms with E-state index in [-0.39, 0.29) is 0 Å². The lowest BCUT2D eigenvalue weighted by Crippen LogP contribution is -2.31. The number of ether oxygens (including phenoxy) is 1. The van der Waals surface area contributed by atoms with Gasteiger partial charge in [-0.2, -0.15) is 0 Å². The fraction of sp³-hybridized carbons (Fsp3) is 0.480. The highest BCUT2D eigenvalue weighted by Gasteiger charge is 2.41. The molecule has 2 aliphatic rings. The van der Waals surface area contributed by atoms with Gasteiger partial charge in [0.25, 0.3) is 0 Å². The zero-order valence-corrected chi connectivity index (χ0v) is 18.5. The standard InChI is InChI=1S/C25H32NOP/c1-17(2)21-16-27-25(26-21)20-12-9-15-24(20)28(22-13-7-5-10-18(22)3)23-14-8-6-11-19(23)4/h5-8,10-11,13-14,17,20-21,24H,9,12,15-16H2,1-4H3. The van der Waals surface area contributed by atoms with Crippen LogP contribution < -0.4 is 10.6 Å². The van der Waals surface area contributed by atoms with Gasteiger partial charge in [0.1, 0.15) is 6.61 Å². The second-order valence-electron chi connectivity index (χ2n) is 8.64. The van der Waals surface area contributed by atoms with Crippen molar-refractivity contribution in [3.8, 4) is 0 Å². The van der Waals surface area contributed by atoms with E-state index >= 15 is 0 Å². The molecule has 0 radical (unpaired) electrons. The maximum absolute atomic E-state index is 6.18. The van der Waals surface area contributed by atoms with Crippen molar-refractivity contribution in [2.24, 2.45) is 16.8 Å². The third kappa shape index (κ3) is 3.77. The lowest BCUT2D eigenvalue weighted by molar-refractivity contribution is 0.277. The predicted molar refractivity (Wildman–Crippen MR) is 122 cm³/mol. The first-order valence-electron chi connectivity index (χ1n) is 10.7. The Morgan fingerprint density at radius 1 is 0.929 bits per heavy atom. The average Bonchev–Trinajstić information content (AvgIpc) is 3.34. The van der Waals surface area contributed by atoms with Gasteiger partial charge in [0, 0.05) is 5.92 Å². The minimum Gasteiger partial charge on any atom is -0.478 e. The molecule has 3 heteroatoms. The monoisotopic (exact) mass is 393 g/mol. The van der Waals surface area contributed by atoms with E-state index in [1.165, 1.54) is 41.0 Å². The van der Waals surface area contributed by atoms with Crippen LogP contribution in [-0.4, -0.2) is 24.2 Å². The molecular formula is C25H32NOP. The molecule has 1 heterocycles. The van der Waals surface area contributed by atoms with Gasteiger partial charge < -0.3 is 4.74 Å². The van der Waals surface area contributed by atoms with Gasteiger partial charge in [0.05, 0.1) is 6.04 Å². The van der Waals surface area contributed by atoms with Crippen molar-refractivity contribution in [3.05, 3.63) is 59.7 Å². The zero-order valence-electron chi connectivity index (χ0n) is 17.6. The van der Waals surface area contributed by atoms with Crippen LogP contribution >= 0.6 is 7.92 Å². The fourth-order valence-electron chi connectivity index (χ4n) is 4.65. The molecule has 4 rings (SSSR count). The van der Waals surface area contributed by atoms with Gasteiger partial charge in [0.15, 0.2) is 5.90 Å². The Balaban J connectivity index is 1.75. The Morgan fingerprint density at radius 2 is 1.54 bits per heavy atom. The molecule has 0 saturated heterocycles. The van der Waals surface area contributed by atoms with E-state index in [4.69, 9.17) is 9.73 Å². The maximum Gasteiger partial charge on any atom is 0.187 e. The van der Waals surface area contributed by atoms with Crippen LogP contribution in [0.25, 0.3) is 0 Å². The van der Waals surface area contributed by atoms with Crippen LogP contribution in [0.1, 0.15) is 44.2 Å². The predicted octanol–water partition coefficient (Wildman–Crippen LogP) is 5.36. The Kier molecular flexibility index (Phi) is 5.88. The van der Waals surface area contributed by atoms with Crippen molar-refractivity contribution >= 4 is 24.4 Å². The number of hydrogen-bond acceptors (Lipinski definition) is 2. The number of aliphatic imine (C=N–C) groups is 1. The molecule has 0 aromatic heterocycles. The minimum atomic E-state index is -0.440. The molecule has 2 aromatic carbocycles. The SMILES string of the molecule is Cc1ccccc1P(c1ccccc1C)C1CCCC1C1=NC(C(C)C)CO1. The van der Waals surface area contributed by atoms with Crippen molar-refractivity contribution in [2.75, 3.05) is 6.61 Å². The van der Waals surface area contributed by atoms with E-state index in [2.05, 4.69) is 76.2 Å². The highest BCUT2D eigenvalue weighted by atomic mass is 31.1. The number of aryl methyl sites for hydroxylation is 2.